The largest absolute Gasteiger partial charge is 0.306 e. The van der Waals surface area contributed by atoms with Crippen LogP contribution in [0.2, 0.25) is 0 Å². The second-order valence-electron chi connectivity index (χ2n) is 4.94. The second-order valence-corrected chi connectivity index (χ2v) is 4.94. The average molecular weight is 287 g/mol. The Morgan fingerprint density at radius 3 is 2.62 bits per heavy atom. The first-order valence-electron chi connectivity index (χ1n) is 6.87. The Labute approximate surface area is 123 Å². The Morgan fingerprint density at radius 1 is 1.19 bits per heavy atom. The van der Waals surface area contributed by atoms with Gasteiger partial charge in [-0.15, -0.1) is 0 Å². The molecule has 0 aromatic carbocycles. The minimum absolute atomic E-state index is 0.0641. The van der Waals surface area contributed by atoms with Gasteiger partial charge in [0.1, 0.15) is 11.5 Å². The maximum absolute atomic E-state index is 12.7. The van der Waals surface area contributed by atoms with Gasteiger partial charge in [0.25, 0.3) is 0 Å². The summed E-state index contributed by atoms with van der Waals surface area (Å²) in [5, 5.41) is 0. The molecule has 2 aromatic heterocycles. The van der Waals surface area contributed by atoms with E-state index in [1.165, 1.54) is 17.7 Å². The molecule has 0 saturated carbocycles. The molecule has 0 fully saturated rings. The van der Waals surface area contributed by atoms with Gasteiger partial charge in [-0.1, -0.05) is 0 Å². The van der Waals surface area contributed by atoms with E-state index in [0.717, 1.165) is 19.2 Å². The van der Waals surface area contributed by atoms with Gasteiger partial charge in [0.2, 0.25) is 0 Å². The molecule has 0 N–H and O–H groups in total. The van der Waals surface area contributed by atoms with Gasteiger partial charge in [-0.2, -0.15) is 0 Å². The first kappa shape index (κ1) is 15.3. The minimum atomic E-state index is -0.430. The Morgan fingerprint density at radius 2 is 1.95 bits per heavy atom. The molecule has 0 aliphatic rings. The molecule has 2 aromatic rings. The standard InChI is InChI=1S/C16H18FN3O/c1-20(10-6-13-4-8-18-9-5-13)11-7-16(21)15-3-2-14(17)12-19-15/h2-5,8-9,12H,6-7,10-11H2,1H3. The summed E-state index contributed by atoms with van der Waals surface area (Å²) in [4.78, 5) is 21.8. The molecule has 0 radical (unpaired) electrons. The van der Waals surface area contributed by atoms with E-state index in [9.17, 15) is 9.18 Å². The van der Waals surface area contributed by atoms with Gasteiger partial charge in [0.05, 0.1) is 6.20 Å². The van der Waals surface area contributed by atoms with E-state index in [1.807, 2.05) is 19.2 Å². The molecule has 0 atom stereocenters. The van der Waals surface area contributed by atoms with Crippen molar-refractivity contribution in [1.29, 1.82) is 0 Å². The molecular weight excluding hydrogens is 269 g/mol. The van der Waals surface area contributed by atoms with Gasteiger partial charge in [-0.3, -0.25) is 14.8 Å². The SMILES string of the molecule is CN(CCC(=O)c1ccc(F)cn1)CCc1ccncc1. The lowest BCUT2D eigenvalue weighted by molar-refractivity contribution is 0.0964. The Bertz CT molecular complexity index is 572. The lowest BCUT2D eigenvalue weighted by atomic mass is 10.1. The molecule has 2 rings (SSSR count). The van der Waals surface area contributed by atoms with Crippen molar-refractivity contribution in [2.45, 2.75) is 12.8 Å². The first-order valence-corrected chi connectivity index (χ1v) is 6.87. The van der Waals surface area contributed by atoms with E-state index >= 15 is 0 Å². The van der Waals surface area contributed by atoms with Crippen LogP contribution in [0.25, 0.3) is 0 Å². The zero-order valence-electron chi connectivity index (χ0n) is 12.0. The maximum atomic E-state index is 12.7. The van der Waals surface area contributed by atoms with Crippen molar-refractivity contribution in [3.63, 3.8) is 0 Å². The molecule has 0 spiro atoms. The molecule has 0 aliphatic heterocycles. The van der Waals surface area contributed by atoms with Gasteiger partial charge >= 0.3 is 0 Å². The lowest BCUT2D eigenvalue weighted by Crippen LogP contribution is -2.24. The smallest absolute Gasteiger partial charge is 0.182 e. The topological polar surface area (TPSA) is 46.1 Å². The van der Waals surface area contributed by atoms with Crippen molar-refractivity contribution < 1.29 is 9.18 Å². The van der Waals surface area contributed by atoms with Gasteiger partial charge in [-0.25, -0.2) is 4.39 Å². The van der Waals surface area contributed by atoms with E-state index in [1.54, 1.807) is 12.4 Å². The molecule has 5 heteroatoms. The zero-order chi connectivity index (χ0) is 15.1. The summed E-state index contributed by atoms with van der Waals surface area (Å²) in [6.07, 6.45) is 5.92. The molecule has 21 heavy (non-hydrogen) atoms. The normalized spacial score (nSPS) is 10.8. The molecule has 0 amide bonds. The number of likely N-dealkylation sites (N-methyl/N-ethyl adjacent to an activating group) is 1. The van der Waals surface area contributed by atoms with Gasteiger partial charge in [-0.05, 0) is 43.3 Å². The molecular formula is C16H18FN3O. The van der Waals surface area contributed by atoms with E-state index in [-0.39, 0.29) is 5.78 Å². The highest BCUT2D eigenvalue weighted by Gasteiger charge is 2.09. The summed E-state index contributed by atoms with van der Waals surface area (Å²) in [6, 6.07) is 6.66. The molecule has 2 heterocycles. The number of Topliss-reactive ketones (excluding diaryl/α,β-unsaturated/α-hetero) is 1. The van der Waals surface area contributed by atoms with Crippen molar-refractivity contribution in [3.8, 4) is 0 Å². The Balaban J connectivity index is 1.74. The number of rotatable bonds is 7. The third-order valence-electron chi connectivity index (χ3n) is 3.27. The summed E-state index contributed by atoms with van der Waals surface area (Å²) in [5.41, 5.74) is 1.54. The van der Waals surface area contributed by atoms with Crippen LogP contribution in [-0.2, 0) is 6.42 Å². The quantitative estimate of drug-likeness (QED) is 0.733. The van der Waals surface area contributed by atoms with Crippen molar-refractivity contribution in [3.05, 3.63) is 59.9 Å². The molecule has 0 unspecified atom stereocenters. The molecule has 0 bridgehead atoms. The summed E-state index contributed by atoms with van der Waals surface area (Å²) in [6.45, 7) is 1.52. The zero-order valence-corrected chi connectivity index (χ0v) is 12.0. The van der Waals surface area contributed by atoms with Gasteiger partial charge < -0.3 is 4.90 Å². The van der Waals surface area contributed by atoms with E-state index < -0.39 is 5.82 Å². The third kappa shape index (κ3) is 5.04. The van der Waals surface area contributed by atoms with Crippen LogP contribution in [-0.4, -0.2) is 40.8 Å². The van der Waals surface area contributed by atoms with Crippen LogP contribution in [0.3, 0.4) is 0 Å². The number of carbonyl (C=O) groups is 1. The fraction of sp³-hybridized carbons (Fsp3) is 0.312. The van der Waals surface area contributed by atoms with Gasteiger partial charge in [0, 0.05) is 31.9 Å². The molecule has 4 nitrogen and oxygen atoms in total. The van der Waals surface area contributed by atoms with E-state index in [0.29, 0.717) is 18.7 Å². The number of halogens is 1. The van der Waals surface area contributed by atoms with Crippen molar-refractivity contribution in [2.24, 2.45) is 0 Å². The van der Waals surface area contributed by atoms with Crippen LogP contribution in [0.4, 0.5) is 4.39 Å². The van der Waals surface area contributed by atoms with E-state index in [2.05, 4.69) is 14.9 Å². The highest BCUT2D eigenvalue weighted by atomic mass is 19.1. The summed E-state index contributed by atoms with van der Waals surface area (Å²) >= 11 is 0. The van der Waals surface area contributed by atoms with Gasteiger partial charge in [0.15, 0.2) is 5.78 Å². The lowest BCUT2D eigenvalue weighted by Gasteiger charge is -2.15. The van der Waals surface area contributed by atoms with Crippen LogP contribution in [0, 0.1) is 5.82 Å². The first-order chi connectivity index (χ1) is 10.1. The number of pyridine rings is 2. The summed E-state index contributed by atoms with van der Waals surface area (Å²) < 4.78 is 12.7. The molecule has 0 saturated heterocycles. The number of carbonyl (C=O) groups excluding carboxylic acids is 1. The fourth-order valence-corrected chi connectivity index (χ4v) is 1.94. The predicted octanol–water partition coefficient (Wildman–Crippen LogP) is 2.36. The Kier molecular flexibility index (Phi) is 5.51. The number of hydrogen-bond acceptors (Lipinski definition) is 4. The highest BCUT2D eigenvalue weighted by Crippen LogP contribution is 2.04. The number of nitrogens with zero attached hydrogens (tertiary/aromatic N) is 3. The monoisotopic (exact) mass is 287 g/mol. The third-order valence-corrected chi connectivity index (χ3v) is 3.27. The van der Waals surface area contributed by atoms with E-state index in [4.69, 9.17) is 0 Å². The maximum Gasteiger partial charge on any atom is 0.182 e. The van der Waals surface area contributed by atoms with Crippen molar-refractivity contribution in [2.75, 3.05) is 20.1 Å². The fourth-order valence-electron chi connectivity index (χ4n) is 1.94. The number of hydrogen-bond donors (Lipinski definition) is 0. The van der Waals surface area contributed by atoms with Crippen LogP contribution in [0.1, 0.15) is 22.5 Å². The summed E-state index contributed by atoms with van der Waals surface area (Å²) in [7, 11) is 1.98. The molecule has 0 aliphatic carbocycles. The molecule has 110 valence electrons. The average Bonchev–Trinajstić information content (AvgIpc) is 2.52. The second kappa shape index (κ2) is 7.59. The number of ketones is 1. The van der Waals surface area contributed by atoms with Crippen LogP contribution in [0.5, 0.6) is 0 Å². The van der Waals surface area contributed by atoms with Crippen LogP contribution < -0.4 is 0 Å². The highest BCUT2D eigenvalue weighted by molar-refractivity contribution is 5.94. The summed E-state index contributed by atoms with van der Waals surface area (Å²) in [5.74, 6) is -0.494. The minimum Gasteiger partial charge on any atom is -0.306 e. The van der Waals surface area contributed by atoms with Crippen LogP contribution >= 0.6 is 0 Å². The van der Waals surface area contributed by atoms with Crippen molar-refractivity contribution >= 4 is 5.78 Å². The van der Waals surface area contributed by atoms with Crippen LogP contribution in [0.15, 0.2) is 42.9 Å². The van der Waals surface area contributed by atoms with Crippen molar-refractivity contribution in [1.82, 2.24) is 14.9 Å². The Hall–Kier alpha value is -2.14. The predicted molar refractivity (Wildman–Crippen MR) is 78.6 cm³/mol. The number of aromatic nitrogens is 2.